The first-order chi connectivity index (χ1) is 12.4. The maximum absolute atomic E-state index is 14.4. The highest BCUT2D eigenvalue weighted by molar-refractivity contribution is 9.10. The highest BCUT2D eigenvalue weighted by atomic mass is 79.9. The lowest BCUT2D eigenvalue weighted by atomic mass is 9.99. The quantitative estimate of drug-likeness (QED) is 0.599. The number of phenols is 1. The number of rotatable bonds is 4. The molecular formula is C17H11BrFN3O4. The summed E-state index contributed by atoms with van der Waals surface area (Å²) in [6, 6.07) is 5.61. The minimum atomic E-state index is -1.23. The summed E-state index contributed by atoms with van der Waals surface area (Å²) in [5.41, 5.74) is 0.437. The van der Waals surface area contributed by atoms with Crippen LogP contribution in [0.5, 0.6) is 5.75 Å². The lowest BCUT2D eigenvalue weighted by Gasteiger charge is -2.12. The molecule has 7 nitrogen and oxygen atoms in total. The Labute approximate surface area is 154 Å². The van der Waals surface area contributed by atoms with Crippen molar-refractivity contribution in [2.45, 2.75) is 0 Å². The van der Waals surface area contributed by atoms with E-state index >= 15 is 0 Å². The zero-order valence-electron chi connectivity index (χ0n) is 13.0. The lowest BCUT2D eigenvalue weighted by molar-refractivity contribution is -0.135. The van der Waals surface area contributed by atoms with Crippen LogP contribution in [0, 0.1) is 5.82 Å². The van der Waals surface area contributed by atoms with Crippen LogP contribution < -0.4 is 5.32 Å². The molecule has 9 heteroatoms. The molecule has 0 radical (unpaired) electrons. The molecule has 0 saturated heterocycles. The van der Waals surface area contributed by atoms with Gasteiger partial charge in [0.2, 0.25) is 0 Å². The third kappa shape index (κ3) is 3.33. The Morgan fingerprint density at radius 2 is 1.81 bits per heavy atom. The van der Waals surface area contributed by atoms with Crippen molar-refractivity contribution >= 4 is 38.8 Å². The third-order valence-electron chi connectivity index (χ3n) is 3.58. The van der Waals surface area contributed by atoms with E-state index in [9.17, 15) is 19.1 Å². The Morgan fingerprint density at radius 1 is 1.12 bits per heavy atom. The van der Waals surface area contributed by atoms with Crippen molar-refractivity contribution in [3.05, 3.63) is 52.5 Å². The Hall–Kier alpha value is -3.07. The Balaban J connectivity index is 2.21. The molecule has 132 valence electrons. The second-order valence-electron chi connectivity index (χ2n) is 5.27. The number of aliphatic carboxylic acids is 1. The first-order valence-corrected chi connectivity index (χ1v) is 8.10. The standard InChI is InChI=1S/C17H11BrFN3O4/c18-8-1-2-9(11(19)5-8)10-6-12(23)14(17(26)22-7-13(24)25)16-15(10)20-3-4-21-16/h1-6,23H,7H2,(H,22,26)(H,24,25). The molecule has 0 unspecified atom stereocenters. The van der Waals surface area contributed by atoms with Crippen molar-refractivity contribution in [1.29, 1.82) is 0 Å². The van der Waals surface area contributed by atoms with Crippen molar-refractivity contribution < 1.29 is 24.2 Å². The number of fused-ring (bicyclic) bond motifs is 1. The van der Waals surface area contributed by atoms with Gasteiger partial charge in [0.25, 0.3) is 5.91 Å². The molecule has 0 atom stereocenters. The smallest absolute Gasteiger partial charge is 0.322 e. The summed E-state index contributed by atoms with van der Waals surface area (Å²) in [4.78, 5) is 31.1. The molecule has 26 heavy (non-hydrogen) atoms. The van der Waals surface area contributed by atoms with Crippen LogP contribution in [0.1, 0.15) is 10.4 Å². The van der Waals surface area contributed by atoms with Crippen molar-refractivity contribution in [2.75, 3.05) is 6.54 Å². The number of carboxylic acids is 1. The molecular weight excluding hydrogens is 409 g/mol. The van der Waals surface area contributed by atoms with E-state index in [-0.39, 0.29) is 27.7 Å². The summed E-state index contributed by atoms with van der Waals surface area (Å²) in [7, 11) is 0. The monoisotopic (exact) mass is 419 g/mol. The third-order valence-corrected chi connectivity index (χ3v) is 4.07. The summed E-state index contributed by atoms with van der Waals surface area (Å²) >= 11 is 3.17. The van der Waals surface area contributed by atoms with E-state index in [1.807, 2.05) is 0 Å². The summed E-state index contributed by atoms with van der Waals surface area (Å²) in [6.45, 7) is -0.622. The summed E-state index contributed by atoms with van der Waals surface area (Å²) < 4.78 is 14.9. The molecule has 3 rings (SSSR count). The SMILES string of the molecule is O=C(O)CNC(=O)c1c(O)cc(-c2ccc(Br)cc2F)c2nccnc12. The van der Waals surface area contributed by atoms with Gasteiger partial charge in [-0.2, -0.15) is 0 Å². The molecule has 1 aromatic heterocycles. The Bertz CT molecular complexity index is 1040. The number of aromatic hydroxyl groups is 1. The molecule has 0 bridgehead atoms. The minimum absolute atomic E-state index is 0.0349. The summed E-state index contributed by atoms with van der Waals surface area (Å²) in [5, 5.41) is 21.2. The van der Waals surface area contributed by atoms with Gasteiger partial charge in [0.15, 0.2) is 0 Å². The van der Waals surface area contributed by atoms with Crippen LogP contribution in [0.15, 0.2) is 41.1 Å². The predicted octanol–water partition coefficient (Wildman–Crippen LogP) is 2.72. The van der Waals surface area contributed by atoms with E-state index in [2.05, 4.69) is 31.2 Å². The summed E-state index contributed by atoms with van der Waals surface area (Å²) in [6.07, 6.45) is 2.69. The van der Waals surface area contributed by atoms with Gasteiger partial charge in [-0.3, -0.25) is 19.6 Å². The molecule has 3 aromatic rings. The normalized spacial score (nSPS) is 10.7. The predicted molar refractivity (Wildman–Crippen MR) is 94.3 cm³/mol. The maximum atomic E-state index is 14.4. The average molecular weight is 420 g/mol. The van der Waals surface area contributed by atoms with E-state index in [0.29, 0.717) is 4.47 Å². The summed E-state index contributed by atoms with van der Waals surface area (Å²) in [5.74, 6) is -3.06. The van der Waals surface area contributed by atoms with Gasteiger partial charge in [0, 0.05) is 28.0 Å². The van der Waals surface area contributed by atoms with Gasteiger partial charge in [0.05, 0.1) is 5.52 Å². The number of benzene rings is 2. The first kappa shape index (κ1) is 17.7. The number of carbonyl (C=O) groups is 2. The van der Waals surface area contributed by atoms with E-state index in [1.54, 1.807) is 6.07 Å². The zero-order valence-corrected chi connectivity index (χ0v) is 14.6. The Kier molecular flexibility index (Phi) is 4.81. The van der Waals surface area contributed by atoms with Crippen LogP contribution in [0.2, 0.25) is 0 Å². The average Bonchev–Trinajstić information content (AvgIpc) is 2.59. The lowest BCUT2D eigenvalue weighted by Crippen LogP contribution is -2.29. The fourth-order valence-electron chi connectivity index (χ4n) is 2.50. The maximum Gasteiger partial charge on any atom is 0.322 e. The first-order valence-electron chi connectivity index (χ1n) is 7.30. The topological polar surface area (TPSA) is 112 Å². The number of aromatic nitrogens is 2. The van der Waals surface area contributed by atoms with Crippen LogP contribution in [0.3, 0.4) is 0 Å². The highest BCUT2D eigenvalue weighted by Crippen LogP contribution is 2.36. The van der Waals surface area contributed by atoms with E-state index in [0.717, 1.165) is 0 Å². The Morgan fingerprint density at radius 3 is 2.46 bits per heavy atom. The van der Waals surface area contributed by atoms with E-state index in [1.165, 1.54) is 30.6 Å². The van der Waals surface area contributed by atoms with Crippen LogP contribution in [0.4, 0.5) is 4.39 Å². The number of phenolic OH excluding ortho intramolecular Hbond substituents is 1. The second kappa shape index (κ2) is 7.04. The number of carboxylic acid groups (broad SMARTS) is 1. The fraction of sp³-hybridized carbons (Fsp3) is 0.0588. The van der Waals surface area contributed by atoms with Crippen LogP contribution in [-0.4, -0.2) is 38.6 Å². The van der Waals surface area contributed by atoms with Crippen molar-refractivity contribution in [2.24, 2.45) is 0 Å². The van der Waals surface area contributed by atoms with Gasteiger partial charge < -0.3 is 15.5 Å². The minimum Gasteiger partial charge on any atom is -0.507 e. The van der Waals surface area contributed by atoms with Gasteiger partial charge in [-0.1, -0.05) is 22.0 Å². The number of carbonyl (C=O) groups excluding carboxylic acids is 1. The molecule has 0 aliphatic rings. The van der Waals surface area contributed by atoms with Crippen LogP contribution in [-0.2, 0) is 4.79 Å². The second-order valence-corrected chi connectivity index (χ2v) is 6.19. The molecule has 1 amide bonds. The fourth-order valence-corrected chi connectivity index (χ4v) is 2.83. The molecule has 2 aromatic carbocycles. The number of amides is 1. The van der Waals surface area contributed by atoms with Crippen molar-refractivity contribution in [1.82, 2.24) is 15.3 Å². The van der Waals surface area contributed by atoms with Crippen LogP contribution >= 0.6 is 15.9 Å². The molecule has 0 aliphatic carbocycles. The molecule has 3 N–H and O–H groups in total. The largest absolute Gasteiger partial charge is 0.507 e. The molecule has 0 saturated carbocycles. The van der Waals surface area contributed by atoms with E-state index in [4.69, 9.17) is 5.11 Å². The van der Waals surface area contributed by atoms with Gasteiger partial charge in [-0.05, 0) is 18.2 Å². The van der Waals surface area contributed by atoms with Gasteiger partial charge in [0.1, 0.15) is 29.2 Å². The molecule has 0 fully saturated rings. The number of hydrogen-bond acceptors (Lipinski definition) is 5. The molecule has 0 spiro atoms. The van der Waals surface area contributed by atoms with Gasteiger partial charge >= 0.3 is 5.97 Å². The van der Waals surface area contributed by atoms with Gasteiger partial charge in [-0.25, -0.2) is 4.39 Å². The van der Waals surface area contributed by atoms with Crippen molar-refractivity contribution in [3.8, 4) is 16.9 Å². The van der Waals surface area contributed by atoms with Crippen molar-refractivity contribution in [3.63, 3.8) is 0 Å². The zero-order chi connectivity index (χ0) is 18.8. The number of nitrogens with zero attached hydrogens (tertiary/aromatic N) is 2. The number of hydrogen-bond donors (Lipinski definition) is 3. The molecule has 0 aliphatic heterocycles. The number of nitrogens with one attached hydrogen (secondary N) is 1. The van der Waals surface area contributed by atoms with Crippen LogP contribution in [0.25, 0.3) is 22.2 Å². The number of halogens is 2. The molecule has 1 heterocycles. The highest BCUT2D eigenvalue weighted by Gasteiger charge is 2.22. The van der Waals surface area contributed by atoms with Gasteiger partial charge in [-0.15, -0.1) is 0 Å². The van der Waals surface area contributed by atoms with E-state index < -0.39 is 30.0 Å².